The molecule has 0 aliphatic rings. The molecule has 0 unspecified atom stereocenters. The Morgan fingerprint density at radius 2 is 2.00 bits per heavy atom. The molecule has 1 amide bonds. The number of pyridine rings is 2. The Kier molecular flexibility index (Phi) is 5.49. The second kappa shape index (κ2) is 8.39. The number of nitrogens with one attached hydrogen (secondary N) is 2. The first-order valence-corrected chi connectivity index (χ1v) is 10.0. The van der Waals surface area contributed by atoms with E-state index in [1.54, 1.807) is 22.9 Å². The van der Waals surface area contributed by atoms with E-state index in [0.717, 1.165) is 11.1 Å². The summed E-state index contributed by atoms with van der Waals surface area (Å²) in [4.78, 5) is 30.6. The number of hydrogen-bond acceptors (Lipinski definition) is 4. The van der Waals surface area contributed by atoms with Gasteiger partial charge in [-0.3, -0.25) is 19.4 Å². The van der Waals surface area contributed by atoms with E-state index in [2.05, 4.69) is 16.9 Å². The van der Waals surface area contributed by atoms with Gasteiger partial charge < -0.3 is 9.88 Å². The summed E-state index contributed by atoms with van der Waals surface area (Å²) in [6, 6.07) is 15.0. The van der Waals surface area contributed by atoms with Gasteiger partial charge in [0.25, 0.3) is 11.5 Å². The predicted octanol–water partition coefficient (Wildman–Crippen LogP) is 2.60. The van der Waals surface area contributed by atoms with Crippen LogP contribution in [0.5, 0.6) is 0 Å². The SMILES string of the molecule is C=CCNC(=O)c1cc2c(=O)n3cc(C)ccc3nc2n(CCc2ccccc2)c1=N. The molecular formula is C24H23N5O2. The maximum atomic E-state index is 13.3. The first-order chi connectivity index (χ1) is 15.0. The zero-order valence-electron chi connectivity index (χ0n) is 17.3. The highest BCUT2D eigenvalue weighted by Gasteiger charge is 2.17. The molecule has 0 spiro atoms. The Morgan fingerprint density at radius 3 is 2.74 bits per heavy atom. The fraction of sp³-hybridized carbons (Fsp3) is 0.167. The van der Waals surface area contributed by atoms with Crippen LogP contribution in [0.3, 0.4) is 0 Å². The third-order valence-electron chi connectivity index (χ3n) is 5.17. The number of carbonyl (C=O) groups excluding carboxylic acids is 1. The van der Waals surface area contributed by atoms with Crippen LogP contribution in [-0.4, -0.2) is 26.4 Å². The summed E-state index contributed by atoms with van der Waals surface area (Å²) in [7, 11) is 0. The van der Waals surface area contributed by atoms with Crippen LogP contribution in [0.1, 0.15) is 21.5 Å². The zero-order valence-corrected chi connectivity index (χ0v) is 17.3. The van der Waals surface area contributed by atoms with Crippen molar-refractivity contribution in [1.29, 1.82) is 5.41 Å². The van der Waals surface area contributed by atoms with Crippen molar-refractivity contribution >= 4 is 22.6 Å². The lowest BCUT2D eigenvalue weighted by molar-refractivity contribution is 0.0955. The quantitative estimate of drug-likeness (QED) is 0.376. The van der Waals surface area contributed by atoms with Gasteiger partial charge in [-0.25, -0.2) is 4.98 Å². The molecule has 7 nitrogen and oxygen atoms in total. The van der Waals surface area contributed by atoms with Crippen LogP contribution in [0.2, 0.25) is 0 Å². The number of nitrogens with zero attached hydrogens (tertiary/aromatic N) is 3. The molecule has 7 heteroatoms. The van der Waals surface area contributed by atoms with Crippen molar-refractivity contribution in [3.63, 3.8) is 0 Å². The van der Waals surface area contributed by atoms with Gasteiger partial charge in [-0.2, -0.15) is 0 Å². The van der Waals surface area contributed by atoms with Crippen LogP contribution in [0.15, 0.2) is 72.2 Å². The minimum Gasteiger partial charge on any atom is -0.348 e. The number of amides is 1. The van der Waals surface area contributed by atoms with E-state index in [1.807, 2.05) is 43.3 Å². The van der Waals surface area contributed by atoms with Crippen molar-refractivity contribution in [2.45, 2.75) is 19.9 Å². The topological polar surface area (TPSA) is 92.2 Å². The van der Waals surface area contributed by atoms with Gasteiger partial charge in [-0.1, -0.05) is 42.5 Å². The molecule has 0 atom stereocenters. The van der Waals surface area contributed by atoms with E-state index < -0.39 is 5.91 Å². The first-order valence-electron chi connectivity index (χ1n) is 10.0. The molecule has 0 aliphatic carbocycles. The maximum Gasteiger partial charge on any atom is 0.267 e. The van der Waals surface area contributed by atoms with E-state index in [9.17, 15) is 9.59 Å². The van der Waals surface area contributed by atoms with Gasteiger partial charge in [0.2, 0.25) is 0 Å². The van der Waals surface area contributed by atoms with E-state index in [0.29, 0.717) is 29.6 Å². The molecule has 0 radical (unpaired) electrons. The minimum absolute atomic E-state index is 0.0216. The van der Waals surface area contributed by atoms with Crippen LogP contribution >= 0.6 is 0 Å². The van der Waals surface area contributed by atoms with Crippen LogP contribution in [0.25, 0.3) is 16.7 Å². The number of aryl methyl sites for hydroxylation is 3. The first kappa shape index (κ1) is 20.3. The number of carbonyl (C=O) groups is 1. The standard InChI is InChI=1S/C24H23N5O2/c1-3-12-26-23(30)18-14-19-22(27-20-10-9-16(2)15-29(20)24(19)31)28(21(18)25)13-11-17-7-5-4-6-8-17/h3-10,14-15,25H,1,11-13H2,2H3,(H,26,30). The zero-order chi connectivity index (χ0) is 22.0. The van der Waals surface area contributed by atoms with E-state index in [4.69, 9.17) is 5.41 Å². The van der Waals surface area contributed by atoms with Gasteiger partial charge in [0.1, 0.15) is 16.8 Å². The Bertz CT molecular complexity index is 1420. The van der Waals surface area contributed by atoms with Crippen molar-refractivity contribution in [2.75, 3.05) is 6.54 Å². The van der Waals surface area contributed by atoms with Crippen LogP contribution in [0, 0.1) is 12.3 Å². The van der Waals surface area contributed by atoms with Crippen molar-refractivity contribution in [3.8, 4) is 0 Å². The third kappa shape index (κ3) is 3.90. The average Bonchev–Trinajstić information content (AvgIpc) is 2.78. The number of hydrogen-bond donors (Lipinski definition) is 2. The highest BCUT2D eigenvalue weighted by molar-refractivity contribution is 5.96. The molecule has 4 aromatic rings. The lowest BCUT2D eigenvalue weighted by Gasteiger charge is -2.15. The molecule has 0 saturated carbocycles. The Labute approximate surface area is 178 Å². The summed E-state index contributed by atoms with van der Waals surface area (Å²) in [6.07, 6.45) is 3.93. The Morgan fingerprint density at radius 1 is 1.23 bits per heavy atom. The van der Waals surface area contributed by atoms with Crippen molar-refractivity contribution < 1.29 is 4.79 Å². The van der Waals surface area contributed by atoms with E-state index in [-0.39, 0.29) is 23.2 Å². The van der Waals surface area contributed by atoms with Crippen LogP contribution < -0.4 is 16.4 Å². The molecule has 1 aromatic carbocycles. The second-order valence-corrected chi connectivity index (χ2v) is 7.38. The highest BCUT2D eigenvalue weighted by atomic mass is 16.1. The van der Waals surface area contributed by atoms with Gasteiger partial charge in [-0.05, 0) is 36.6 Å². The number of fused-ring (bicyclic) bond motifs is 2. The summed E-state index contributed by atoms with van der Waals surface area (Å²) in [5, 5.41) is 11.7. The normalized spacial score (nSPS) is 11.0. The summed E-state index contributed by atoms with van der Waals surface area (Å²) in [5.74, 6) is -0.422. The lowest BCUT2D eigenvalue weighted by atomic mass is 10.1. The maximum absolute atomic E-state index is 13.3. The van der Waals surface area contributed by atoms with Gasteiger partial charge in [-0.15, -0.1) is 6.58 Å². The summed E-state index contributed by atoms with van der Waals surface area (Å²) >= 11 is 0. The summed E-state index contributed by atoms with van der Waals surface area (Å²) in [5.41, 5.74) is 2.80. The minimum atomic E-state index is -0.422. The molecule has 156 valence electrons. The Balaban J connectivity index is 1.95. The fourth-order valence-electron chi connectivity index (χ4n) is 3.58. The summed E-state index contributed by atoms with van der Waals surface area (Å²) in [6.45, 7) is 6.19. The van der Waals surface area contributed by atoms with Gasteiger partial charge in [0.15, 0.2) is 0 Å². The van der Waals surface area contributed by atoms with E-state index in [1.165, 1.54) is 10.5 Å². The van der Waals surface area contributed by atoms with E-state index >= 15 is 0 Å². The van der Waals surface area contributed by atoms with Gasteiger partial charge in [0.05, 0.1) is 10.9 Å². The molecule has 3 aromatic heterocycles. The molecule has 0 aliphatic heterocycles. The number of benzene rings is 1. The average molecular weight is 413 g/mol. The fourth-order valence-corrected chi connectivity index (χ4v) is 3.58. The van der Waals surface area contributed by atoms with Gasteiger partial charge in [0, 0.05) is 19.3 Å². The number of rotatable bonds is 6. The molecule has 0 saturated heterocycles. The predicted molar refractivity (Wildman–Crippen MR) is 120 cm³/mol. The third-order valence-corrected chi connectivity index (χ3v) is 5.17. The molecule has 0 fully saturated rings. The Hall–Kier alpha value is -4.00. The number of aromatic nitrogens is 3. The molecule has 31 heavy (non-hydrogen) atoms. The smallest absolute Gasteiger partial charge is 0.267 e. The lowest BCUT2D eigenvalue weighted by Crippen LogP contribution is -2.35. The second-order valence-electron chi connectivity index (χ2n) is 7.38. The van der Waals surface area contributed by atoms with Crippen LogP contribution in [0.4, 0.5) is 0 Å². The molecule has 4 rings (SSSR count). The van der Waals surface area contributed by atoms with Crippen molar-refractivity contribution in [1.82, 2.24) is 19.3 Å². The molecule has 2 N–H and O–H groups in total. The largest absolute Gasteiger partial charge is 0.348 e. The molecule has 3 heterocycles. The highest BCUT2D eigenvalue weighted by Crippen LogP contribution is 2.12. The molecular weight excluding hydrogens is 390 g/mol. The van der Waals surface area contributed by atoms with Crippen molar-refractivity contribution in [3.05, 3.63) is 99.9 Å². The summed E-state index contributed by atoms with van der Waals surface area (Å²) < 4.78 is 3.13. The van der Waals surface area contributed by atoms with Crippen LogP contribution in [-0.2, 0) is 13.0 Å². The molecule has 0 bridgehead atoms. The monoisotopic (exact) mass is 413 g/mol. The van der Waals surface area contributed by atoms with Gasteiger partial charge >= 0.3 is 0 Å². The van der Waals surface area contributed by atoms with Crippen molar-refractivity contribution in [2.24, 2.45) is 0 Å².